The molecule has 0 saturated carbocycles. The predicted octanol–water partition coefficient (Wildman–Crippen LogP) is 0.159. The highest BCUT2D eigenvalue weighted by Crippen LogP contribution is 2.10. The van der Waals surface area contributed by atoms with Gasteiger partial charge in [0.15, 0.2) is 0 Å². The Balaban J connectivity index is 2.16. The van der Waals surface area contributed by atoms with Crippen molar-refractivity contribution in [1.82, 2.24) is 0 Å². The van der Waals surface area contributed by atoms with Gasteiger partial charge in [0, 0.05) is 5.92 Å². The van der Waals surface area contributed by atoms with Gasteiger partial charge >= 0.3 is 5.97 Å². The highest BCUT2D eigenvalue weighted by molar-refractivity contribution is 5.75. The molecule has 0 aromatic rings. The number of carbonyl (C=O) groups is 1. The maximum atomic E-state index is 11.2. The molecule has 1 atom stereocenters. The van der Waals surface area contributed by atoms with E-state index in [2.05, 4.69) is 0 Å². The molecule has 0 aromatic heterocycles. The highest BCUT2D eigenvalue weighted by Gasteiger charge is 2.23. The zero-order valence-electron chi connectivity index (χ0n) is 8.16. The van der Waals surface area contributed by atoms with Crippen molar-refractivity contribution < 1.29 is 14.3 Å². The average molecular weight is 187 g/mol. The van der Waals surface area contributed by atoms with E-state index in [4.69, 9.17) is 15.2 Å². The molecule has 4 nitrogen and oxygen atoms in total. The van der Waals surface area contributed by atoms with Crippen LogP contribution in [0.5, 0.6) is 0 Å². The van der Waals surface area contributed by atoms with E-state index in [1.807, 2.05) is 13.8 Å². The molecule has 0 aliphatic carbocycles. The summed E-state index contributed by atoms with van der Waals surface area (Å²) in [5.74, 6) is 0.204. The molecule has 1 aliphatic heterocycles. The van der Waals surface area contributed by atoms with E-state index >= 15 is 0 Å². The minimum absolute atomic E-state index is 0.130. The summed E-state index contributed by atoms with van der Waals surface area (Å²) in [5, 5.41) is 0. The Labute approximate surface area is 78.4 Å². The Hall–Kier alpha value is -0.610. The highest BCUT2D eigenvalue weighted by atomic mass is 16.5. The van der Waals surface area contributed by atoms with Crippen molar-refractivity contribution in [2.24, 2.45) is 17.6 Å². The number of ether oxygens (including phenoxy) is 2. The van der Waals surface area contributed by atoms with Crippen LogP contribution in [0.1, 0.15) is 13.8 Å². The van der Waals surface area contributed by atoms with Gasteiger partial charge in [-0.1, -0.05) is 13.8 Å². The largest absolute Gasteiger partial charge is 0.464 e. The third-order valence-electron chi connectivity index (χ3n) is 2.16. The fraction of sp³-hybridized carbons (Fsp3) is 0.889. The maximum Gasteiger partial charge on any atom is 0.323 e. The Morgan fingerprint density at radius 2 is 2.23 bits per heavy atom. The van der Waals surface area contributed by atoms with Gasteiger partial charge in [-0.25, -0.2) is 0 Å². The molecule has 1 rings (SSSR count). The van der Waals surface area contributed by atoms with Crippen molar-refractivity contribution in [2.75, 3.05) is 19.8 Å². The van der Waals surface area contributed by atoms with Crippen LogP contribution in [0.15, 0.2) is 0 Å². The molecular formula is C9H17NO3. The van der Waals surface area contributed by atoms with Crippen molar-refractivity contribution >= 4 is 5.97 Å². The minimum atomic E-state index is -0.499. The molecule has 0 aromatic carbocycles. The van der Waals surface area contributed by atoms with Gasteiger partial charge in [-0.3, -0.25) is 4.79 Å². The van der Waals surface area contributed by atoms with Crippen LogP contribution in [0.25, 0.3) is 0 Å². The lowest BCUT2D eigenvalue weighted by Crippen LogP contribution is -2.40. The molecule has 13 heavy (non-hydrogen) atoms. The van der Waals surface area contributed by atoms with Crippen LogP contribution in [0.3, 0.4) is 0 Å². The standard InChI is InChI=1S/C9H17NO3/c1-6(2)8(10)9(11)13-5-7-3-12-4-7/h6-8H,3-5,10H2,1-2H3/t8-/m0/s1. The first kappa shape index (κ1) is 10.5. The van der Waals surface area contributed by atoms with Crippen LogP contribution in [-0.2, 0) is 14.3 Å². The molecule has 76 valence electrons. The van der Waals surface area contributed by atoms with Gasteiger partial charge in [-0.05, 0) is 5.92 Å². The van der Waals surface area contributed by atoms with Crippen LogP contribution in [-0.4, -0.2) is 31.8 Å². The zero-order valence-corrected chi connectivity index (χ0v) is 8.16. The van der Waals surface area contributed by atoms with Crippen LogP contribution in [0, 0.1) is 11.8 Å². The quantitative estimate of drug-likeness (QED) is 0.637. The predicted molar refractivity (Wildman–Crippen MR) is 48.1 cm³/mol. The first-order valence-corrected chi connectivity index (χ1v) is 4.61. The van der Waals surface area contributed by atoms with Gasteiger partial charge in [0.05, 0.1) is 19.8 Å². The minimum Gasteiger partial charge on any atom is -0.464 e. The van der Waals surface area contributed by atoms with Crippen LogP contribution < -0.4 is 5.73 Å². The first-order chi connectivity index (χ1) is 6.11. The summed E-state index contributed by atoms with van der Waals surface area (Å²) >= 11 is 0. The lowest BCUT2D eigenvalue weighted by Gasteiger charge is -2.26. The second kappa shape index (κ2) is 4.58. The van der Waals surface area contributed by atoms with Gasteiger partial charge in [0.25, 0.3) is 0 Å². The summed E-state index contributed by atoms with van der Waals surface area (Å²) in [6.45, 7) is 5.64. The third kappa shape index (κ3) is 2.97. The molecular weight excluding hydrogens is 170 g/mol. The number of hydrogen-bond donors (Lipinski definition) is 1. The fourth-order valence-electron chi connectivity index (χ4n) is 0.949. The monoisotopic (exact) mass is 187 g/mol. The maximum absolute atomic E-state index is 11.2. The summed E-state index contributed by atoms with van der Waals surface area (Å²) in [4.78, 5) is 11.2. The van der Waals surface area contributed by atoms with E-state index in [-0.39, 0.29) is 11.9 Å². The van der Waals surface area contributed by atoms with E-state index < -0.39 is 6.04 Å². The fourth-order valence-corrected chi connectivity index (χ4v) is 0.949. The number of carbonyl (C=O) groups excluding carboxylic acids is 1. The van der Waals surface area contributed by atoms with Gasteiger partial charge in [-0.2, -0.15) is 0 Å². The number of nitrogens with two attached hydrogens (primary N) is 1. The molecule has 0 spiro atoms. The summed E-state index contributed by atoms with van der Waals surface area (Å²) in [7, 11) is 0. The molecule has 1 aliphatic rings. The Morgan fingerprint density at radius 3 is 2.62 bits per heavy atom. The normalized spacial score (nSPS) is 19.7. The molecule has 4 heteroatoms. The van der Waals surface area contributed by atoms with Crippen LogP contribution in [0.2, 0.25) is 0 Å². The second-order valence-corrected chi connectivity index (χ2v) is 3.80. The molecule has 0 bridgehead atoms. The molecule has 0 unspecified atom stereocenters. The molecule has 0 radical (unpaired) electrons. The third-order valence-corrected chi connectivity index (χ3v) is 2.16. The van der Waals surface area contributed by atoms with Gasteiger partial charge in [0.1, 0.15) is 6.04 Å². The van der Waals surface area contributed by atoms with Crippen molar-refractivity contribution in [3.8, 4) is 0 Å². The summed E-state index contributed by atoms with van der Waals surface area (Å²) in [6.07, 6.45) is 0. The van der Waals surface area contributed by atoms with E-state index in [1.165, 1.54) is 0 Å². The Bertz CT molecular complexity index is 178. The topological polar surface area (TPSA) is 61.6 Å². The molecule has 0 amide bonds. The Kier molecular flexibility index (Phi) is 3.69. The van der Waals surface area contributed by atoms with Crippen molar-refractivity contribution in [1.29, 1.82) is 0 Å². The van der Waals surface area contributed by atoms with Crippen LogP contribution >= 0.6 is 0 Å². The average Bonchev–Trinajstić information content (AvgIpc) is 1.99. The molecule has 1 heterocycles. The molecule has 1 saturated heterocycles. The Morgan fingerprint density at radius 1 is 1.62 bits per heavy atom. The summed E-state index contributed by atoms with van der Waals surface area (Å²) < 4.78 is 9.98. The van der Waals surface area contributed by atoms with E-state index in [0.717, 1.165) is 0 Å². The second-order valence-electron chi connectivity index (χ2n) is 3.80. The van der Waals surface area contributed by atoms with E-state index in [1.54, 1.807) is 0 Å². The molecule has 2 N–H and O–H groups in total. The smallest absolute Gasteiger partial charge is 0.323 e. The van der Waals surface area contributed by atoms with Gasteiger partial charge in [-0.15, -0.1) is 0 Å². The van der Waals surface area contributed by atoms with Crippen molar-refractivity contribution in [2.45, 2.75) is 19.9 Å². The SMILES string of the molecule is CC(C)[C@H](N)C(=O)OCC1COC1. The van der Waals surface area contributed by atoms with Gasteiger partial charge < -0.3 is 15.2 Å². The number of esters is 1. The first-order valence-electron chi connectivity index (χ1n) is 4.61. The summed E-state index contributed by atoms with van der Waals surface area (Å²) in [6, 6.07) is -0.499. The van der Waals surface area contributed by atoms with Crippen molar-refractivity contribution in [3.05, 3.63) is 0 Å². The van der Waals surface area contributed by atoms with Crippen molar-refractivity contribution in [3.63, 3.8) is 0 Å². The number of rotatable bonds is 4. The van der Waals surface area contributed by atoms with Gasteiger partial charge in [0.2, 0.25) is 0 Å². The summed E-state index contributed by atoms with van der Waals surface area (Å²) in [5.41, 5.74) is 5.60. The lowest BCUT2D eigenvalue weighted by atomic mass is 10.1. The van der Waals surface area contributed by atoms with Crippen LogP contribution in [0.4, 0.5) is 0 Å². The molecule has 1 fully saturated rings. The lowest BCUT2D eigenvalue weighted by molar-refractivity contribution is -0.153. The number of hydrogen-bond acceptors (Lipinski definition) is 4. The zero-order chi connectivity index (χ0) is 9.84. The van der Waals surface area contributed by atoms with E-state index in [0.29, 0.717) is 25.7 Å². The van der Waals surface area contributed by atoms with E-state index in [9.17, 15) is 4.79 Å².